The van der Waals surface area contributed by atoms with Crippen LogP contribution in [0.3, 0.4) is 0 Å². The van der Waals surface area contributed by atoms with Gasteiger partial charge in [-0.2, -0.15) is 17.7 Å². The molecule has 0 unspecified atom stereocenters. The molecule has 0 aliphatic carbocycles. The highest BCUT2D eigenvalue weighted by atomic mass is 35.5. The molecule has 4 rings (SSSR count). The average Bonchev–Trinajstić information content (AvgIpc) is 3.01. The minimum atomic E-state index is -4.43. The highest BCUT2D eigenvalue weighted by Crippen LogP contribution is 2.32. The molecular formula is C16H8ClF3N4. The first-order chi connectivity index (χ1) is 11.4. The summed E-state index contributed by atoms with van der Waals surface area (Å²) in [6, 6.07) is 12.1. The van der Waals surface area contributed by atoms with Gasteiger partial charge in [0.15, 0.2) is 11.5 Å². The third-order valence-electron chi connectivity index (χ3n) is 3.59. The molecule has 4 aromatic rings. The largest absolute Gasteiger partial charge is 0.416 e. The normalized spacial score (nSPS) is 12.2. The SMILES string of the molecule is FC(F)(F)c1cccc(-c2nc3c4ccccc4nc(Cl)n3n2)c1. The van der Waals surface area contributed by atoms with Crippen molar-refractivity contribution in [3.8, 4) is 11.4 Å². The maximum Gasteiger partial charge on any atom is 0.416 e. The zero-order chi connectivity index (χ0) is 16.9. The fourth-order valence-corrected chi connectivity index (χ4v) is 2.69. The maximum absolute atomic E-state index is 12.9. The molecule has 0 saturated carbocycles. The Bertz CT molecular complexity index is 1070. The number of nitrogens with zero attached hydrogens (tertiary/aromatic N) is 4. The molecule has 0 atom stereocenters. The van der Waals surface area contributed by atoms with E-state index in [1.165, 1.54) is 16.6 Å². The van der Waals surface area contributed by atoms with Gasteiger partial charge in [-0.05, 0) is 35.9 Å². The van der Waals surface area contributed by atoms with Crippen molar-refractivity contribution in [3.05, 3.63) is 59.4 Å². The van der Waals surface area contributed by atoms with Gasteiger partial charge in [0.25, 0.3) is 0 Å². The van der Waals surface area contributed by atoms with E-state index < -0.39 is 11.7 Å². The van der Waals surface area contributed by atoms with E-state index in [2.05, 4.69) is 15.1 Å². The molecule has 0 aliphatic heterocycles. The predicted octanol–water partition coefficient (Wildman–Crippen LogP) is 4.62. The van der Waals surface area contributed by atoms with Crippen LogP contribution in [0.4, 0.5) is 13.2 Å². The molecule has 0 spiro atoms. The first kappa shape index (κ1) is 14.9. The summed E-state index contributed by atoms with van der Waals surface area (Å²) in [6.07, 6.45) is -4.43. The Balaban J connectivity index is 1.96. The smallest absolute Gasteiger partial charge is 0.218 e. The van der Waals surface area contributed by atoms with Crippen molar-refractivity contribution in [2.24, 2.45) is 0 Å². The Morgan fingerprint density at radius 2 is 1.75 bits per heavy atom. The summed E-state index contributed by atoms with van der Waals surface area (Å²) in [6.45, 7) is 0. The van der Waals surface area contributed by atoms with Gasteiger partial charge in [0.05, 0.1) is 11.1 Å². The highest BCUT2D eigenvalue weighted by Gasteiger charge is 2.30. The van der Waals surface area contributed by atoms with Crippen LogP contribution in [0.1, 0.15) is 5.56 Å². The molecule has 2 aromatic carbocycles. The van der Waals surface area contributed by atoms with Crippen molar-refractivity contribution in [1.82, 2.24) is 19.6 Å². The van der Waals surface area contributed by atoms with Gasteiger partial charge in [0.2, 0.25) is 5.28 Å². The third-order valence-corrected chi connectivity index (χ3v) is 3.83. The Hall–Kier alpha value is -2.67. The number of aromatic nitrogens is 4. The number of alkyl halides is 3. The molecule has 4 nitrogen and oxygen atoms in total. The van der Waals surface area contributed by atoms with E-state index >= 15 is 0 Å². The van der Waals surface area contributed by atoms with Crippen LogP contribution in [0.5, 0.6) is 0 Å². The molecule has 0 radical (unpaired) electrons. The minimum Gasteiger partial charge on any atom is -0.218 e. The van der Waals surface area contributed by atoms with Gasteiger partial charge in [0, 0.05) is 10.9 Å². The van der Waals surface area contributed by atoms with E-state index in [1.54, 1.807) is 12.1 Å². The van der Waals surface area contributed by atoms with Gasteiger partial charge < -0.3 is 0 Å². The summed E-state index contributed by atoms with van der Waals surface area (Å²) in [5.74, 6) is 0.154. The monoisotopic (exact) mass is 348 g/mol. The average molecular weight is 349 g/mol. The Labute approximate surface area is 138 Å². The summed E-state index contributed by atoms with van der Waals surface area (Å²) < 4.78 is 40.0. The molecule has 0 saturated heterocycles. The molecule has 8 heteroatoms. The fourth-order valence-electron chi connectivity index (χ4n) is 2.48. The molecule has 2 heterocycles. The van der Waals surface area contributed by atoms with Crippen LogP contribution in [-0.4, -0.2) is 19.6 Å². The van der Waals surface area contributed by atoms with Crippen LogP contribution in [-0.2, 0) is 6.18 Å². The topological polar surface area (TPSA) is 43.1 Å². The van der Waals surface area contributed by atoms with Crippen LogP contribution >= 0.6 is 11.6 Å². The van der Waals surface area contributed by atoms with Crippen molar-refractivity contribution < 1.29 is 13.2 Å². The lowest BCUT2D eigenvalue weighted by atomic mass is 10.1. The van der Waals surface area contributed by atoms with Gasteiger partial charge in [-0.1, -0.05) is 24.3 Å². The number of halogens is 4. The highest BCUT2D eigenvalue weighted by molar-refractivity contribution is 6.29. The van der Waals surface area contributed by atoms with Gasteiger partial charge >= 0.3 is 6.18 Å². The molecule has 120 valence electrons. The zero-order valence-electron chi connectivity index (χ0n) is 11.9. The number of benzene rings is 2. The summed E-state index contributed by atoms with van der Waals surface area (Å²) in [5, 5.41) is 5.01. The third kappa shape index (κ3) is 2.37. The van der Waals surface area contributed by atoms with E-state index in [4.69, 9.17) is 11.6 Å². The summed E-state index contributed by atoms with van der Waals surface area (Å²) in [7, 11) is 0. The second kappa shape index (κ2) is 5.17. The lowest BCUT2D eigenvalue weighted by Gasteiger charge is -2.06. The molecule has 24 heavy (non-hydrogen) atoms. The zero-order valence-corrected chi connectivity index (χ0v) is 12.7. The molecule has 0 N–H and O–H groups in total. The lowest BCUT2D eigenvalue weighted by molar-refractivity contribution is -0.137. The van der Waals surface area contributed by atoms with Crippen molar-refractivity contribution in [2.75, 3.05) is 0 Å². The van der Waals surface area contributed by atoms with E-state index in [0.717, 1.165) is 12.1 Å². The Kier molecular flexibility index (Phi) is 3.21. The number of hydrogen-bond donors (Lipinski definition) is 0. The van der Waals surface area contributed by atoms with Crippen molar-refractivity contribution in [1.29, 1.82) is 0 Å². The van der Waals surface area contributed by atoms with Gasteiger partial charge in [-0.25, -0.2) is 9.97 Å². The second-order valence-electron chi connectivity index (χ2n) is 5.15. The van der Waals surface area contributed by atoms with E-state index in [-0.39, 0.29) is 16.7 Å². The number of rotatable bonds is 1. The molecule has 0 bridgehead atoms. The van der Waals surface area contributed by atoms with Gasteiger partial charge in [-0.15, -0.1) is 5.10 Å². The number of para-hydroxylation sites is 1. The molecule has 0 aliphatic rings. The lowest BCUT2D eigenvalue weighted by Crippen LogP contribution is -2.04. The molecule has 0 amide bonds. The quantitative estimate of drug-likeness (QED) is 0.471. The van der Waals surface area contributed by atoms with Crippen LogP contribution in [0.15, 0.2) is 48.5 Å². The van der Waals surface area contributed by atoms with Gasteiger partial charge in [0.1, 0.15) is 0 Å². The van der Waals surface area contributed by atoms with Crippen LogP contribution in [0.25, 0.3) is 27.9 Å². The van der Waals surface area contributed by atoms with E-state index in [0.29, 0.717) is 16.6 Å². The number of fused-ring (bicyclic) bond motifs is 3. The minimum absolute atomic E-state index is 0.0921. The van der Waals surface area contributed by atoms with Crippen LogP contribution < -0.4 is 0 Å². The first-order valence-electron chi connectivity index (χ1n) is 6.92. The Morgan fingerprint density at radius 3 is 2.54 bits per heavy atom. The van der Waals surface area contributed by atoms with E-state index in [9.17, 15) is 13.2 Å². The van der Waals surface area contributed by atoms with Crippen LogP contribution in [0, 0.1) is 0 Å². The summed E-state index contributed by atoms with van der Waals surface area (Å²) in [5.41, 5.74) is 0.581. The predicted molar refractivity (Wildman–Crippen MR) is 83.7 cm³/mol. The Morgan fingerprint density at radius 1 is 0.958 bits per heavy atom. The van der Waals surface area contributed by atoms with Gasteiger partial charge in [-0.3, -0.25) is 0 Å². The molecule has 2 aromatic heterocycles. The standard InChI is InChI=1S/C16H8ClF3N4/c17-15-21-12-7-2-1-6-11(12)14-22-13(23-24(14)15)9-4-3-5-10(8-9)16(18,19)20/h1-8H. The first-order valence-corrected chi connectivity index (χ1v) is 7.30. The number of hydrogen-bond acceptors (Lipinski definition) is 3. The van der Waals surface area contributed by atoms with Crippen molar-refractivity contribution in [3.63, 3.8) is 0 Å². The van der Waals surface area contributed by atoms with Crippen LogP contribution in [0.2, 0.25) is 5.28 Å². The fraction of sp³-hybridized carbons (Fsp3) is 0.0625. The summed E-state index contributed by atoms with van der Waals surface area (Å²) >= 11 is 6.11. The van der Waals surface area contributed by atoms with Crippen molar-refractivity contribution in [2.45, 2.75) is 6.18 Å². The second-order valence-corrected chi connectivity index (χ2v) is 5.49. The van der Waals surface area contributed by atoms with Crippen molar-refractivity contribution >= 4 is 28.2 Å². The molecular weight excluding hydrogens is 341 g/mol. The van der Waals surface area contributed by atoms with E-state index in [1.807, 2.05) is 12.1 Å². The molecule has 0 fully saturated rings. The summed E-state index contributed by atoms with van der Waals surface area (Å²) in [4.78, 5) is 8.57. The maximum atomic E-state index is 12.9.